The van der Waals surface area contributed by atoms with E-state index < -0.39 is 22.0 Å². The number of thioether (sulfide) groups is 1. The first-order valence-electron chi connectivity index (χ1n) is 6.09. The van der Waals surface area contributed by atoms with Crippen LogP contribution >= 0.6 is 39.3 Å². The molecule has 1 atom stereocenters. The average molecular weight is 415 g/mol. The first-order chi connectivity index (χ1) is 9.82. The van der Waals surface area contributed by atoms with Gasteiger partial charge in [0.2, 0.25) is 10.0 Å². The zero-order chi connectivity index (χ0) is 15.6. The third kappa shape index (κ3) is 3.92. The number of rotatable bonds is 4. The fourth-order valence-electron chi connectivity index (χ4n) is 2.13. The maximum atomic E-state index is 12.7. The van der Waals surface area contributed by atoms with E-state index in [0.717, 1.165) is 0 Å². The SMILES string of the molecule is O=C(O)CC1CSCCN1S(=O)(=O)c1ccc(Br)cc1Cl. The Balaban J connectivity index is 2.38. The number of benzene rings is 1. The van der Waals surface area contributed by atoms with Crippen LogP contribution in [-0.4, -0.2) is 47.9 Å². The van der Waals surface area contributed by atoms with Crippen LogP contribution in [0.1, 0.15) is 6.42 Å². The highest BCUT2D eigenvalue weighted by Gasteiger charge is 2.36. The largest absolute Gasteiger partial charge is 0.481 e. The lowest BCUT2D eigenvalue weighted by molar-refractivity contribution is -0.137. The molecule has 21 heavy (non-hydrogen) atoms. The highest BCUT2D eigenvalue weighted by Crippen LogP contribution is 2.31. The number of carboxylic acid groups (broad SMARTS) is 1. The monoisotopic (exact) mass is 413 g/mol. The maximum Gasteiger partial charge on any atom is 0.305 e. The molecule has 0 saturated carbocycles. The van der Waals surface area contributed by atoms with Crippen molar-refractivity contribution in [2.45, 2.75) is 17.4 Å². The molecule has 0 amide bonds. The molecule has 1 N–H and O–H groups in total. The Bertz CT molecular complexity index is 653. The third-order valence-corrected chi connectivity index (χ3v) is 7.08. The van der Waals surface area contributed by atoms with Gasteiger partial charge in [0.25, 0.3) is 0 Å². The van der Waals surface area contributed by atoms with Gasteiger partial charge in [0.1, 0.15) is 4.90 Å². The van der Waals surface area contributed by atoms with E-state index in [-0.39, 0.29) is 22.9 Å². The summed E-state index contributed by atoms with van der Waals surface area (Å²) in [6.07, 6.45) is -0.208. The summed E-state index contributed by atoms with van der Waals surface area (Å²) < 4.78 is 27.4. The number of sulfonamides is 1. The van der Waals surface area contributed by atoms with E-state index in [4.69, 9.17) is 16.7 Å². The van der Waals surface area contributed by atoms with Crippen LogP contribution in [0.25, 0.3) is 0 Å². The van der Waals surface area contributed by atoms with Crippen LogP contribution in [0.3, 0.4) is 0 Å². The summed E-state index contributed by atoms with van der Waals surface area (Å²) in [6.45, 7) is 0.289. The van der Waals surface area contributed by atoms with E-state index in [2.05, 4.69) is 15.9 Å². The molecule has 2 rings (SSSR count). The topological polar surface area (TPSA) is 74.7 Å². The van der Waals surface area contributed by atoms with E-state index in [1.165, 1.54) is 16.4 Å². The predicted octanol–water partition coefficient (Wildman–Crippen LogP) is 2.68. The molecular formula is C12H13BrClNO4S2. The Morgan fingerprint density at radius 3 is 2.86 bits per heavy atom. The first-order valence-corrected chi connectivity index (χ1v) is 9.85. The molecule has 9 heteroatoms. The van der Waals surface area contributed by atoms with Gasteiger partial charge in [-0.3, -0.25) is 4.79 Å². The molecule has 5 nitrogen and oxygen atoms in total. The Morgan fingerprint density at radius 2 is 2.24 bits per heavy atom. The van der Waals surface area contributed by atoms with E-state index in [1.54, 1.807) is 17.8 Å². The summed E-state index contributed by atoms with van der Waals surface area (Å²) >= 11 is 10.8. The first kappa shape index (κ1) is 17.1. The van der Waals surface area contributed by atoms with Gasteiger partial charge < -0.3 is 5.11 Å². The van der Waals surface area contributed by atoms with Crippen LogP contribution in [0.2, 0.25) is 5.02 Å². The van der Waals surface area contributed by atoms with Crippen LogP contribution in [-0.2, 0) is 14.8 Å². The molecule has 116 valence electrons. The summed E-state index contributed by atoms with van der Waals surface area (Å²) in [5.74, 6) is 0.105. The second-order valence-electron chi connectivity index (χ2n) is 4.52. The molecular weight excluding hydrogens is 402 g/mol. The van der Waals surface area contributed by atoms with Gasteiger partial charge >= 0.3 is 5.97 Å². The Hall–Kier alpha value is -0.280. The third-order valence-electron chi connectivity index (χ3n) is 3.06. The molecule has 1 heterocycles. The molecule has 0 bridgehead atoms. The van der Waals surface area contributed by atoms with Gasteiger partial charge in [-0.1, -0.05) is 27.5 Å². The Morgan fingerprint density at radius 1 is 1.52 bits per heavy atom. The van der Waals surface area contributed by atoms with Crippen LogP contribution in [0.5, 0.6) is 0 Å². The van der Waals surface area contributed by atoms with Crippen LogP contribution in [0, 0.1) is 0 Å². The highest BCUT2D eigenvalue weighted by atomic mass is 79.9. The second-order valence-corrected chi connectivity index (χ2v) is 8.85. The second kappa shape index (κ2) is 6.87. The zero-order valence-corrected chi connectivity index (χ0v) is 14.8. The smallest absolute Gasteiger partial charge is 0.305 e. The van der Waals surface area contributed by atoms with Gasteiger partial charge in [0.15, 0.2) is 0 Å². The van der Waals surface area contributed by atoms with Crippen molar-refractivity contribution >= 4 is 55.3 Å². The lowest BCUT2D eigenvalue weighted by Gasteiger charge is -2.33. The summed E-state index contributed by atoms with van der Waals surface area (Å²) in [6, 6.07) is 4.00. The van der Waals surface area contributed by atoms with E-state index >= 15 is 0 Å². The molecule has 1 aliphatic rings. The van der Waals surface area contributed by atoms with Gasteiger partial charge in [-0.2, -0.15) is 16.1 Å². The van der Waals surface area contributed by atoms with E-state index in [0.29, 0.717) is 16.0 Å². The fraction of sp³-hybridized carbons (Fsp3) is 0.417. The molecule has 1 saturated heterocycles. The quantitative estimate of drug-likeness (QED) is 0.820. The van der Waals surface area contributed by atoms with Crippen molar-refractivity contribution in [3.05, 3.63) is 27.7 Å². The van der Waals surface area contributed by atoms with Crippen LogP contribution in [0.4, 0.5) is 0 Å². The van der Waals surface area contributed by atoms with Crippen molar-refractivity contribution in [2.75, 3.05) is 18.1 Å². The fourth-order valence-corrected chi connectivity index (χ4v) is 6.04. The number of carbonyl (C=O) groups is 1. The van der Waals surface area contributed by atoms with Crippen molar-refractivity contribution in [2.24, 2.45) is 0 Å². The summed E-state index contributed by atoms with van der Waals surface area (Å²) in [5.41, 5.74) is 0. The summed E-state index contributed by atoms with van der Waals surface area (Å²) in [7, 11) is -3.80. The molecule has 0 aliphatic carbocycles. The van der Waals surface area contributed by atoms with Crippen LogP contribution < -0.4 is 0 Å². The molecule has 1 unspecified atom stereocenters. The van der Waals surface area contributed by atoms with E-state index in [1.807, 2.05) is 0 Å². The van der Waals surface area contributed by atoms with Gasteiger partial charge in [0.05, 0.1) is 11.4 Å². The number of halogens is 2. The number of hydrogen-bond donors (Lipinski definition) is 1. The molecule has 1 fully saturated rings. The van der Waals surface area contributed by atoms with Gasteiger partial charge in [0, 0.05) is 28.6 Å². The summed E-state index contributed by atoms with van der Waals surface area (Å²) in [5, 5.41) is 9.07. The standard InChI is InChI=1S/C12H13BrClNO4S2/c13-8-1-2-11(10(14)5-8)21(18,19)15-3-4-20-7-9(15)6-12(16)17/h1-2,5,9H,3-4,6-7H2,(H,16,17). The van der Waals surface area contributed by atoms with Crippen LogP contribution in [0.15, 0.2) is 27.6 Å². The minimum absolute atomic E-state index is 0.00894. The highest BCUT2D eigenvalue weighted by molar-refractivity contribution is 9.10. The lowest BCUT2D eigenvalue weighted by Crippen LogP contribution is -2.47. The maximum absolute atomic E-state index is 12.7. The van der Waals surface area contributed by atoms with Crippen molar-refractivity contribution in [1.82, 2.24) is 4.31 Å². The average Bonchev–Trinajstić information content (AvgIpc) is 2.37. The minimum atomic E-state index is -3.80. The molecule has 1 aromatic carbocycles. The van der Waals surface area contributed by atoms with Gasteiger partial charge in [-0.05, 0) is 18.2 Å². The number of hydrogen-bond acceptors (Lipinski definition) is 4. The normalized spacial score (nSPS) is 20.4. The molecule has 1 aromatic rings. The molecule has 0 radical (unpaired) electrons. The van der Waals surface area contributed by atoms with E-state index in [9.17, 15) is 13.2 Å². The Kier molecular flexibility index (Phi) is 5.59. The minimum Gasteiger partial charge on any atom is -0.481 e. The molecule has 1 aliphatic heterocycles. The summed E-state index contributed by atoms with van der Waals surface area (Å²) in [4.78, 5) is 10.9. The number of carboxylic acids is 1. The molecule has 0 spiro atoms. The van der Waals surface area contributed by atoms with Crippen molar-refractivity contribution in [3.8, 4) is 0 Å². The number of nitrogens with zero attached hydrogens (tertiary/aromatic N) is 1. The van der Waals surface area contributed by atoms with Crippen molar-refractivity contribution in [3.63, 3.8) is 0 Å². The molecule has 0 aromatic heterocycles. The van der Waals surface area contributed by atoms with Gasteiger partial charge in [-0.25, -0.2) is 8.42 Å². The number of aliphatic carboxylic acids is 1. The van der Waals surface area contributed by atoms with Crippen molar-refractivity contribution < 1.29 is 18.3 Å². The Labute approximate surface area is 140 Å². The zero-order valence-electron chi connectivity index (χ0n) is 10.8. The van der Waals surface area contributed by atoms with Gasteiger partial charge in [-0.15, -0.1) is 0 Å². The van der Waals surface area contributed by atoms with Crippen molar-refractivity contribution in [1.29, 1.82) is 0 Å². The lowest BCUT2D eigenvalue weighted by atomic mass is 10.2. The predicted molar refractivity (Wildman–Crippen MR) is 86.4 cm³/mol.